The van der Waals surface area contributed by atoms with Gasteiger partial charge in [0.25, 0.3) is 0 Å². The van der Waals surface area contributed by atoms with Crippen molar-refractivity contribution >= 4 is 42.3 Å². The molecule has 2 aromatic rings. The highest BCUT2D eigenvalue weighted by molar-refractivity contribution is 7.59. The Labute approximate surface area is 183 Å². The Morgan fingerprint density at radius 1 is 1.28 bits per heavy atom. The number of aromatic nitrogens is 4. The van der Waals surface area contributed by atoms with Crippen LogP contribution >= 0.6 is 7.44 Å². The first kappa shape index (κ1) is 25.2. The van der Waals surface area contributed by atoms with Gasteiger partial charge in [0, 0.05) is 13.1 Å². The fourth-order valence-corrected chi connectivity index (χ4v) is 4.70. The number of rotatable bonds is 14. The number of imidazole rings is 1. The van der Waals surface area contributed by atoms with E-state index in [1.165, 1.54) is 20.2 Å². The molecule has 2 aromatic heterocycles. The van der Waals surface area contributed by atoms with Gasteiger partial charge in [0.1, 0.15) is 18.4 Å². The van der Waals surface area contributed by atoms with Crippen LogP contribution < -0.4 is 21.2 Å². The SMILES string of the molecule is C=CCNc1nc(N)nc2c1ncn2CCOCP(=O)(N[C@@H](C)C(=O)O)N[C@@H](C)C(=O)O. The van der Waals surface area contributed by atoms with Crippen molar-refractivity contribution in [2.24, 2.45) is 0 Å². The van der Waals surface area contributed by atoms with E-state index in [9.17, 15) is 14.2 Å². The lowest BCUT2D eigenvalue weighted by Gasteiger charge is -2.24. The van der Waals surface area contributed by atoms with Crippen LogP contribution in [-0.2, 0) is 25.4 Å². The Bertz CT molecular complexity index is 1000. The molecule has 0 spiro atoms. The number of carbonyl (C=O) groups is 2. The van der Waals surface area contributed by atoms with Crippen LogP contribution in [0.4, 0.5) is 11.8 Å². The van der Waals surface area contributed by atoms with Crippen LogP contribution in [0, 0.1) is 0 Å². The first-order valence-electron chi connectivity index (χ1n) is 9.57. The van der Waals surface area contributed by atoms with E-state index >= 15 is 0 Å². The lowest BCUT2D eigenvalue weighted by atomic mass is 10.4. The van der Waals surface area contributed by atoms with Crippen LogP contribution in [0.2, 0.25) is 0 Å². The number of hydrogen-bond acceptors (Lipinski definition) is 9. The van der Waals surface area contributed by atoms with Crippen molar-refractivity contribution < 1.29 is 29.1 Å². The van der Waals surface area contributed by atoms with Crippen molar-refractivity contribution in [2.45, 2.75) is 32.5 Å². The van der Waals surface area contributed by atoms with Crippen molar-refractivity contribution in [1.29, 1.82) is 0 Å². The Hall–Kier alpha value is -3.06. The molecular formula is C17H27N8O6P. The fourth-order valence-electron chi connectivity index (χ4n) is 2.62. The molecule has 2 rings (SSSR count). The lowest BCUT2D eigenvalue weighted by molar-refractivity contribution is -0.139. The van der Waals surface area contributed by atoms with Gasteiger partial charge in [0.2, 0.25) is 13.4 Å². The molecule has 0 amide bonds. The number of fused-ring (bicyclic) bond motifs is 1. The second-order valence-corrected chi connectivity index (χ2v) is 9.12. The molecule has 2 atom stereocenters. The highest BCUT2D eigenvalue weighted by Crippen LogP contribution is 2.37. The van der Waals surface area contributed by atoms with Crippen LogP contribution in [0.5, 0.6) is 0 Å². The molecule has 14 nitrogen and oxygen atoms in total. The third-order valence-corrected chi connectivity index (χ3v) is 6.34. The van der Waals surface area contributed by atoms with Crippen molar-refractivity contribution in [3.05, 3.63) is 19.0 Å². The summed E-state index contributed by atoms with van der Waals surface area (Å²) in [5.41, 5.74) is 6.73. The second-order valence-electron chi connectivity index (χ2n) is 6.87. The summed E-state index contributed by atoms with van der Waals surface area (Å²) in [6, 6.07) is -2.37. The summed E-state index contributed by atoms with van der Waals surface area (Å²) in [7, 11) is -3.70. The number of carboxylic acids is 2. The zero-order chi connectivity index (χ0) is 23.9. The molecule has 0 saturated heterocycles. The number of hydrogen-bond donors (Lipinski definition) is 6. The van der Waals surface area contributed by atoms with Crippen LogP contribution in [-0.4, -0.2) is 73.3 Å². The van der Waals surface area contributed by atoms with Gasteiger partial charge in [-0.3, -0.25) is 14.2 Å². The highest BCUT2D eigenvalue weighted by atomic mass is 31.2. The minimum atomic E-state index is -3.70. The van der Waals surface area contributed by atoms with Crippen molar-refractivity contribution in [3.8, 4) is 0 Å². The maximum absolute atomic E-state index is 13.1. The summed E-state index contributed by atoms with van der Waals surface area (Å²) in [6.45, 7) is 6.99. The Morgan fingerprint density at radius 2 is 1.91 bits per heavy atom. The first-order valence-corrected chi connectivity index (χ1v) is 11.5. The summed E-state index contributed by atoms with van der Waals surface area (Å²) in [4.78, 5) is 34.8. The number of ether oxygens (including phenoxy) is 1. The molecule has 0 radical (unpaired) electrons. The van der Waals surface area contributed by atoms with E-state index in [1.54, 1.807) is 10.6 Å². The number of nitrogen functional groups attached to an aromatic ring is 1. The summed E-state index contributed by atoms with van der Waals surface area (Å²) < 4.78 is 20.2. The van der Waals surface area contributed by atoms with Crippen molar-refractivity contribution in [2.75, 3.05) is 30.6 Å². The molecule has 32 heavy (non-hydrogen) atoms. The van der Waals surface area contributed by atoms with Gasteiger partial charge < -0.3 is 30.6 Å². The van der Waals surface area contributed by atoms with Gasteiger partial charge >= 0.3 is 11.9 Å². The summed E-state index contributed by atoms with van der Waals surface area (Å²) in [6.07, 6.45) is 2.75. The Balaban J connectivity index is 2.07. The van der Waals surface area contributed by atoms with Gasteiger partial charge in [-0.1, -0.05) is 6.08 Å². The summed E-state index contributed by atoms with van der Waals surface area (Å²) >= 11 is 0. The predicted molar refractivity (Wildman–Crippen MR) is 117 cm³/mol. The number of carboxylic acid groups (broad SMARTS) is 2. The Kier molecular flexibility index (Phi) is 8.66. The number of nitrogens with one attached hydrogen (secondary N) is 3. The smallest absolute Gasteiger partial charge is 0.320 e. The van der Waals surface area contributed by atoms with E-state index in [1.807, 2.05) is 0 Å². The first-order chi connectivity index (χ1) is 15.1. The summed E-state index contributed by atoms with van der Waals surface area (Å²) in [5, 5.41) is 26.0. The molecular weight excluding hydrogens is 443 g/mol. The molecule has 15 heteroatoms. The summed E-state index contributed by atoms with van der Waals surface area (Å²) in [5.74, 6) is -1.97. The highest BCUT2D eigenvalue weighted by Gasteiger charge is 2.30. The Morgan fingerprint density at radius 3 is 2.47 bits per heavy atom. The molecule has 0 fully saturated rings. The van der Waals surface area contributed by atoms with E-state index in [0.29, 0.717) is 23.5 Å². The van der Waals surface area contributed by atoms with E-state index < -0.39 is 37.8 Å². The van der Waals surface area contributed by atoms with E-state index in [4.69, 9.17) is 20.7 Å². The number of nitrogens with two attached hydrogens (primary N) is 1. The van der Waals surface area contributed by atoms with Gasteiger partial charge in [0.15, 0.2) is 17.0 Å². The average molecular weight is 470 g/mol. The number of anilines is 2. The van der Waals surface area contributed by atoms with E-state index in [0.717, 1.165) is 0 Å². The van der Waals surface area contributed by atoms with Crippen LogP contribution in [0.3, 0.4) is 0 Å². The zero-order valence-electron chi connectivity index (χ0n) is 17.7. The molecule has 0 aliphatic rings. The second kappa shape index (κ2) is 11.0. The van der Waals surface area contributed by atoms with Crippen molar-refractivity contribution in [1.82, 2.24) is 29.7 Å². The molecule has 176 valence electrons. The third kappa shape index (κ3) is 6.72. The monoisotopic (exact) mass is 470 g/mol. The predicted octanol–water partition coefficient (Wildman–Crippen LogP) is 0.299. The van der Waals surface area contributed by atoms with Crippen molar-refractivity contribution in [3.63, 3.8) is 0 Å². The fraction of sp³-hybridized carbons (Fsp3) is 0.471. The van der Waals surface area contributed by atoms with Gasteiger partial charge in [0.05, 0.1) is 12.9 Å². The largest absolute Gasteiger partial charge is 0.480 e. The molecule has 0 saturated carbocycles. The van der Waals surface area contributed by atoms with Crippen LogP contribution in [0.1, 0.15) is 13.8 Å². The molecule has 7 N–H and O–H groups in total. The minimum Gasteiger partial charge on any atom is -0.480 e. The quantitative estimate of drug-likeness (QED) is 0.125. The molecule has 0 aliphatic carbocycles. The topological polar surface area (TPSA) is 207 Å². The van der Waals surface area contributed by atoms with E-state index in [-0.39, 0.29) is 19.1 Å². The molecule has 0 aliphatic heterocycles. The maximum atomic E-state index is 13.1. The zero-order valence-corrected chi connectivity index (χ0v) is 18.6. The van der Waals surface area contributed by atoms with Crippen LogP contribution in [0.25, 0.3) is 11.2 Å². The van der Waals surface area contributed by atoms with Gasteiger partial charge in [-0.15, -0.1) is 6.58 Å². The molecule has 2 heterocycles. The standard InChI is InChI=1S/C17H27N8O6P/c1-4-5-19-13-12-14(22-17(18)21-13)25(8-20-12)6-7-31-9-32(30,23-10(2)15(26)27)24-11(3)16(28)29/h4,8,10-11H,1,5-7,9H2,2-3H3,(H,26,27)(H,28,29)(H2,23,24,30)(H3,18,19,21,22)/t10-,11-/m0/s1. The van der Waals surface area contributed by atoms with Gasteiger partial charge in [-0.05, 0) is 13.8 Å². The molecule has 0 aromatic carbocycles. The van der Waals surface area contributed by atoms with Gasteiger partial charge in [-0.25, -0.2) is 15.2 Å². The maximum Gasteiger partial charge on any atom is 0.320 e. The average Bonchev–Trinajstić information content (AvgIpc) is 3.11. The third-order valence-electron chi connectivity index (χ3n) is 4.19. The molecule has 0 unspecified atom stereocenters. The van der Waals surface area contributed by atoms with Gasteiger partial charge in [-0.2, -0.15) is 9.97 Å². The number of aliphatic carboxylic acids is 2. The van der Waals surface area contributed by atoms with Crippen LogP contribution in [0.15, 0.2) is 19.0 Å². The molecule has 0 bridgehead atoms. The normalized spacial score (nSPS) is 13.6. The van der Waals surface area contributed by atoms with E-state index in [2.05, 4.69) is 37.0 Å². The lowest BCUT2D eigenvalue weighted by Crippen LogP contribution is -2.41. The minimum absolute atomic E-state index is 0.0509. The number of nitrogens with zero attached hydrogens (tertiary/aromatic N) is 4.